The first-order chi connectivity index (χ1) is 14.2. The summed E-state index contributed by atoms with van der Waals surface area (Å²) in [6, 6.07) is 2.84. The molecule has 3 heterocycles. The van der Waals surface area contributed by atoms with Gasteiger partial charge in [-0.25, -0.2) is 4.98 Å². The number of rotatable bonds is 5. The maximum atomic E-state index is 12.9. The lowest BCUT2D eigenvalue weighted by molar-refractivity contribution is 0.399. The molecule has 7 nitrogen and oxygen atoms in total. The van der Waals surface area contributed by atoms with Crippen LogP contribution >= 0.6 is 0 Å². The fraction of sp³-hybridized carbons (Fsp3) is 0.312. The zero-order chi connectivity index (χ0) is 23.1. The molecule has 0 saturated carbocycles. The van der Waals surface area contributed by atoms with Gasteiger partial charge >= 0.3 is 0 Å². The lowest BCUT2D eigenvalue weighted by Gasteiger charge is -2.11. The highest BCUT2D eigenvalue weighted by Crippen LogP contribution is 2.25. The van der Waals surface area contributed by atoms with E-state index in [0.717, 1.165) is 0 Å². The Hall–Kier alpha value is -2.48. The number of nitrogens with one attached hydrogen (secondary N) is 1. The molecule has 0 spiro atoms. The molecular formula is C16H18N4O3S. The first-order valence-corrected chi connectivity index (χ1v) is 8.15. The lowest BCUT2D eigenvalue weighted by atomic mass is 10.1. The second-order valence-corrected chi connectivity index (χ2v) is 6.37. The minimum Gasteiger partial charge on any atom is -0.496 e. The van der Waals surface area contributed by atoms with Crippen molar-refractivity contribution in [2.24, 2.45) is 0 Å². The molecule has 0 bridgehead atoms. The molecule has 1 N–H and O–H groups in total. The van der Waals surface area contributed by atoms with Crippen molar-refractivity contribution in [3.8, 4) is 11.6 Å². The first kappa shape index (κ1) is 9.73. The molecule has 0 saturated heterocycles. The molecule has 0 aromatic carbocycles. The van der Waals surface area contributed by atoms with E-state index in [9.17, 15) is 4.21 Å². The number of fused-ring (bicyclic) bond motifs is 1. The number of aromatic nitrogens is 4. The number of hydrogen-bond acceptors (Lipinski definition) is 6. The van der Waals surface area contributed by atoms with Crippen LogP contribution < -0.4 is 9.47 Å². The molecule has 0 radical (unpaired) electrons. The molecule has 126 valence electrons. The summed E-state index contributed by atoms with van der Waals surface area (Å²) in [5.41, 5.74) is 1.39. The van der Waals surface area contributed by atoms with Crippen LogP contribution in [0.5, 0.6) is 11.6 Å². The Morgan fingerprint density at radius 3 is 2.92 bits per heavy atom. The molecule has 1 unspecified atom stereocenters. The largest absolute Gasteiger partial charge is 0.496 e. The summed E-state index contributed by atoms with van der Waals surface area (Å²) in [7, 11) is -7.13. The Bertz CT molecular complexity index is 1160. The fourth-order valence-corrected chi connectivity index (χ4v) is 3.28. The van der Waals surface area contributed by atoms with Gasteiger partial charge in [0.25, 0.3) is 0 Å². The van der Waals surface area contributed by atoms with E-state index in [1.54, 1.807) is 6.92 Å². The van der Waals surface area contributed by atoms with Crippen LogP contribution in [0.1, 0.15) is 26.4 Å². The number of pyridine rings is 2. The van der Waals surface area contributed by atoms with Crippen LogP contribution in [0.15, 0.2) is 23.5 Å². The van der Waals surface area contributed by atoms with Gasteiger partial charge in [-0.3, -0.25) is 9.19 Å². The Kier molecular flexibility index (Phi) is 2.66. The van der Waals surface area contributed by atoms with Crippen LogP contribution in [0, 0.1) is 13.8 Å². The average Bonchev–Trinajstić information content (AvgIpc) is 3.04. The number of imidazole rings is 1. The SMILES string of the molecule is [2H]c1nc(CS(=O)c2nc3nc(OC([2H])([2H])[2H])ccc3[nH]2)c(C)c(OC([2H])([2H])[2H])c1C. The van der Waals surface area contributed by atoms with Crippen molar-refractivity contribution in [2.75, 3.05) is 14.1 Å². The topological polar surface area (TPSA) is 90.0 Å². The number of hydrogen-bond donors (Lipinski definition) is 1. The number of aromatic amines is 1. The molecule has 0 fully saturated rings. The fourth-order valence-electron chi connectivity index (χ4n) is 2.20. The van der Waals surface area contributed by atoms with Crippen LogP contribution in [0.4, 0.5) is 0 Å². The minimum atomic E-state index is -2.71. The maximum Gasteiger partial charge on any atom is 0.215 e. The summed E-state index contributed by atoms with van der Waals surface area (Å²) in [6.45, 7) is 3.10. The van der Waals surface area contributed by atoms with Gasteiger partial charge in [0.1, 0.15) is 5.75 Å². The first-order valence-electron chi connectivity index (χ1n) is 10.3. The highest BCUT2D eigenvalue weighted by molar-refractivity contribution is 7.84. The van der Waals surface area contributed by atoms with Crippen molar-refractivity contribution in [3.05, 3.63) is 35.1 Å². The minimum absolute atomic E-state index is 0.00438. The third-order valence-electron chi connectivity index (χ3n) is 3.46. The van der Waals surface area contributed by atoms with E-state index in [1.165, 1.54) is 19.1 Å². The molecule has 3 aromatic heterocycles. The number of methoxy groups -OCH3 is 2. The molecule has 0 amide bonds. The van der Waals surface area contributed by atoms with Gasteiger partial charge in [0.15, 0.2) is 10.8 Å². The third-order valence-corrected chi connectivity index (χ3v) is 4.62. The second kappa shape index (κ2) is 6.56. The molecule has 0 aliphatic rings. The summed E-state index contributed by atoms with van der Waals surface area (Å²) in [4.78, 5) is 15.1. The van der Waals surface area contributed by atoms with Crippen molar-refractivity contribution >= 4 is 22.0 Å². The van der Waals surface area contributed by atoms with E-state index in [2.05, 4.69) is 19.9 Å². The third kappa shape index (κ3) is 2.96. The molecule has 8 heteroatoms. The molecule has 1 atom stereocenters. The second-order valence-electron chi connectivity index (χ2n) is 5.01. The zero-order valence-corrected chi connectivity index (χ0v) is 13.7. The van der Waals surface area contributed by atoms with Gasteiger partial charge in [0.2, 0.25) is 5.88 Å². The Morgan fingerprint density at radius 2 is 2.12 bits per heavy atom. The molecule has 0 aliphatic carbocycles. The van der Waals surface area contributed by atoms with E-state index < -0.39 is 24.9 Å². The smallest absolute Gasteiger partial charge is 0.215 e. The number of nitrogens with zero attached hydrogens (tertiary/aromatic N) is 3. The Balaban J connectivity index is 1.90. The standard InChI is InChI=1S/C16H18N4O3S/c1-9-7-17-12(10(2)14(9)23-4)8-24(21)16-18-11-5-6-13(22-3)19-15(11)20-16/h5-7H,8H2,1-4H3,(H,18,19,20)/i3D3,4D3,7D. The van der Waals surface area contributed by atoms with Crippen molar-refractivity contribution in [1.29, 1.82) is 0 Å². The van der Waals surface area contributed by atoms with Gasteiger partial charge in [-0.15, -0.1) is 0 Å². The van der Waals surface area contributed by atoms with Gasteiger partial charge in [-0.2, -0.15) is 4.98 Å². The highest BCUT2D eigenvalue weighted by Gasteiger charge is 2.16. The predicted molar refractivity (Wildman–Crippen MR) is 90.8 cm³/mol. The van der Waals surface area contributed by atoms with E-state index >= 15 is 0 Å². The summed E-state index contributed by atoms with van der Waals surface area (Å²) in [5, 5.41) is 0.0557. The van der Waals surface area contributed by atoms with E-state index in [0.29, 0.717) is 11.1 Å². The van der Waals surface area contributed by atoms with Gasteiger partial charge < -0.3 is 14.5 Å². The van der Waals surface area contributed by atoms with Crippen molar-refractivity contribution in [2.45, 2.75) is 24.8 Å². The number of H-pyrrole nitrogens is 1. The van der Waals surface area contributed by atoms with E-state index in [-0.39, 0.29) is 45.6 Å². The molecule has 3 rings (SSSR count). The normalized spacial score (nSPS) is 17.7. The highest BCUT2D eigenvalue weighted by atomic mass is 32.2. The Morgan fingerprint density at radius 1 is 1.29 bits per heavy atom. The molecule has 24 heavy (non-hydrogen) atoms. The monoisotopic (exact) mass is 353 g/mol. The van der Waals surface area contributed by atoms with Gasteiger partial charge in [0, 0.05) is 23.4 Å². The van der Waals surface area contributed by atoms with Gasteiger partial charge in [-0.1, -0.05) is 0 Å². The summed E-state index contributed by atoms with van der Waals surface area (Å²) >= 11 is 0. The molecular weight excluding hydrogens is 328 g/mol. The van der Waals surface area contributed by atoms with Crippen LogP contribution in [0.3, 0.4) is 0 Å². The maximum absolute atomic E-state index is 12.9. The van der Waals surface area contributed by atoms with Crippen LogP contribution in [0.2, 0.25) is 0 Å². The predicted octanol–water partition coefficient (Wildman–Crippen LogP) is 2.29. The molecule has 0 aliphatic heterocycles. The van der Waals surface area contributed by atoms with Crippen molar-refractivity contribution in [1.82, 2.24) is 19.9 Å². The van der Waals surface area contributed by atoms with Crippen LogP contribution in [0.25, 0.3) is 11.2 Å². The summed E-state index contributed by atoms with van der Waals surface area (Å²) in [5.74, 6) is -0.309. The van der Waals surface area contributed by atoms with Gasteiger partial charge in [0.05, 0.1) is 51.4 Å². The van der Waals surface area contributed by atoms with Gasteiger partial charge in [-0.05, 0) is 19.9 Å². The van der Waals surface area contributed by atoms with Crippen LogP contribution in [-0.4, -0.2) is 38.2 Å². The molecule has 3 aromatic rings. The van der Waals surface area contributed by atoms with E-state index in [1.807, 2.05) is 0 Å². The van der Waals surface area contributed by atoms with Crippen molar-refractivity contribution in [3.63, 3.8) is 0 Å². The lowest BCUT2D eigenvalue weighted by Crippen LogP contribution is -2.05. The average molecular weight is 353 g/mol. The quantitative estimate of drug-likeness (QED) is 0.757. The summed E-state index contributed by atoms with van der Waals surface area (Å²) in [6.07, 6.45) is -0.186. The zero-order valence-electron chi connectivity index (χ0n) is 19.8. The number of ether oxygens (including phenoxy) is 2. The summed E-state index contributed by atoms with van der Waals surface area (Å²) < 4.78 is 73.9. The van der Waals surface area contributed by atoms with Crippen LogP contribution in [-0.2, 0) is 16.6 Å². The van der Waals surface area contributed by atoms with E-state index in [4.69, 9.17) is 19.1 Å². The Labute approximate surface area is 151 Å². The van der Waals surface area contributed by atoms with Crippen molar-refractivity contribution < 1.29 is 23.3 Å².